The maximum atomic E-state index is 13.8. The van der Waals surface area contributed by atoms with Crippen molar-refractivity contribution in [1.82, 2.24) is 4.90 Å². The van der Waals surface area contributed by atoms with E-state index in [1.54, 1.807) is 25.9 Å². The highest BCUT2D eigenvalue weighted by atomic mass is 16.3. The molecule has 0 aromatic rings. The summed E-state index contributed by atoms with van der Waals surface area (Å²) in [7, 11) is 3.29. The Kier molecular flexibility index (Phi) is 6.14. The van der Waals surface area contributed by atoms with E-state index in [0.29, 0.717) is 5.57 Å². The van der Waals surface area contributed by atoms with E-state index < -0.39 is 64.2 Å². The van der Waals surface area contributed by atoms with Crippen LogP contribution in [0.15, 0.2) is 45.1 Å². The molecule has 0 spiro atoms. The zero-order chi connectivity index (χ0) is 27.0. The first-order chi connectivity index (χ1) is 16.7. The second-order valence-electron chi connectivity index (χ2n) is 10.5. The van der Waals surface area contributed by atoms with Crippen molar-refractivity contribution in [3.8, 4) is 0 Å². The van der Waals surface area contributed by atoms with Gasteiger partial charge in [0.2, 0.25) is 5.78 Å². The first-order valence-corrected chi connectivity index (χ1v) is 11.9. The quantitative estimate of drug-likeness (QED) is 0.373. The molecule has 1 fully saturated rings. The number of hydrogen-bond donors (Lipinski definition) is 5. The van der Waals surface area contributed by atoms with Crippen molar-refractivity contribution in [3.63, 3.8) is 0 Å². The van der Waals surface area contributed by atoms with E-state index in [9.17, 15) is 39.6 Å². The molecule has 0 bridgehead atoms. The Morgan fingerprint density at radius 3 is 2.22 bits per heavy atom. The zero-order valence-electron chi connectivity index (χ0n) is 21.0. The fourth-order valence-corrected chi connectivity index (χ4v) is 6.85. The monoisotopic (exact) mass is 500 g/mol. The van der Waals surface area contributed by atoms with Crippen LogP contribution >= 0.6 is 0 Å². The Bertz CT molecular complexity index is 1240. The second-order valence-corrected chi connectivity index (χ2v) is 10.5. The molecule has 36 heavy (non-hydrogen) atoms. The molecule has 4 aliphatic carbocycles. The van der Waals surface area contributed by atoms with Gasteiger partial charge in [-0.1, -0.05) is 6.92 Å². The average molecular weight is 501 g/mol. The van der Waals surface area contributed by atoms with Crippen molar-refractivity contribution in [2.75, 3.05) is 20.6 Å². The summed E-state index contributed by atoms with van der Waals surface area (Å²) in [5.41, 5.74) is 3.05. The number of allylic oxidation sites excluding steroid dienone is 5. The van der Waals surface area contributed by atoms with Gasteiger partial charge < -0.3 is 26.2 Å². The van der Waals surface area contributed by atoms with Crippen molar-refractivity contribution in [3.05, 3.63) is 45.1 Å². The zero-order valence-corrected chi connectivity index (χ0v) is 21.0. The van der Waals surface area contributed by atoms with Crippen LogP contribution in [0.25, 0.3) is 0 Å². The molecule has 194 valence electrons. The largest absolute Gasteiger partial charge is 0.511 e. The third-order valence-corrected chi connectivity index (χ3v) is 8.32. The van der Waals surface area contributed by atoms with Gasteiger partial charge in [-0.15, -0.1) is 0 Å². The van der Waals surface area contributed by atoms with E-state index >= 15 is 0 Å². The van der Waals surface area contributed by atoms with Crippen LogP contribution in [0.3, 0.4) is 0 Å². The standard InChI is InChI=1S/C26H32N2O8/c1-9-16(10(2)29)13-6-12-7-15-20(28(4)5)21(31)14(8-27)24(34)26(15,36)25(35)18(12)23(33)19(13)22(32)17(9)11(3)30/h9,12,15,17,20,31-32,35-36H,6-8,27H2,1-5H3/t9?,12-,15-,17?,20-,26+/m0/s1. The van der Waals surface area contributed by atoms with Gasteiger partial charge in [0.1, 0.15) is 23.1 Å². The van der Waals surface area contributed by atoms with Gasteiger partial charge in [0.25, 0.3) is 0 Å². The lowest BCUT2D eigenvalue weighted by Crippen LogP contribution is -2.63. The summed E-state index contributed by atoms with van der Waals surface area (Å²) in [5, 5.41) is 44.9. The smallest absolute Gasteiger partial charge is 0.203 e. The van der Waals surface area contributed by atoms with E-state index in [4.69, 9.17) is 5.73 Å². The Labute approximate surface area is 208 Å². The number of likely N-dealkylation sites (N-methyl/N-ethyl adjacent to an activating group) is 1. The predicted molar refractivity (Wildman–Crippen MR) is 128 cm³/mol. The average Bonchev–Trinajstić information content (AvgIpc) is 2.75. The summed E-state index contributed by atoms with van der Waals surface area (Å²) < 4.78 is 0. The van der Waals surface area contributed by atoms with E-state index in [2.05, 4.69) is 0 Å². The molecule has 10 nitrogen and oxygen atoms in total. The van der Waals surface area contributed by atoms with Crippen LogP contribution in [-0.2, 0) is 19.2 Å². The molecule has 0 aromatic heterocycles. The van der Waals surface area contributed by atoms with Gasteiger partial charge >= 0.3 is 0 Å². The van der Waals surface area contributed by atoms with Gasteiger partial charge in [-0.2, -0.15) is 0 Å². The van der Waals surface area contributed by atoms with E-state index in [1.807, 2.05) is 0 Å². The summed E-state index contributed by atoms with van der Waals surface area (Å²) in [4.78, 5) is 53.8. The number of nitrogens with two attached hydrogens (primary N) is 1. The Morgan fingerprint density at radius 2 is 1.72 bits per heavy atom. The van der Waals surface area contributed by atoms with Crippen molar-refractivity contribution in [1.29, 1.82) is 0 Å². The van der Waals surface area contributed by atoms with Crippen molar-refractivity contribution in [2.45, 2.75) is 45.3 Å². The molecule has 6 N–H and O–H groups in total. The normalized spacial score (nSPS) is 34.7. The summed E-state index contributed by atoms with van der Waals surface area (Å²) in [6, 6.07) is -0.871. The minimum absolute atomic E-state index is 0.0331. The minimum atomic E-state index is -2.51. The maximum Gasteiger partial charge on any atom is 0.203 e. The topological polar surface area (TPSA) is 178 Å². The number of nitrogens with zero attached hydrogens (tertiary/aromatic N) is 1. The van der Waals surface area contributed by atoms with Crippen LogP contribution in [0.5, 0.6) is 0 Å². The van der Waals surface area contributed by atoms with Crippen LogP contribution in [0, 0.1) is 23.7 Å². The van der Waals surface area contributed by atoms with Gasteiger partial charge in [-0.05, 0) is 52.3 Å². The fraction of sp³-hybridized carbons (Fsp3) is 0.538. The van der Waals surface area contributed by atoms with Gasteiger partial charge in [0, 0.05) is 29.5 Å². The molecule has 0 heterocycles. The van der Waals surface area contributed by atoms with Gasteiger partial charge in [-0.25, -0.2) is 0 Å². The predicted octanol–water partition coefficient (Wildman–Crippen LogP) is 0.975. The fourth-order valence-electron chi connectivity index (χ4n) is 6.85. The molecule has 0 saturated heterocycles. The third kappa shape index (κ3) is 3.21. The molecule has 0 amide bonds. The van der Waals surface area contributed by atoms with Crippen molar-refractivity contribution in [2.24, 2.45) is 29.4 Å². The van der Waals surface area contributed by atoms with E-state index in [0.717, 1.165) is 0 Å². The van der Waals surface area contributed by atoms with Crippen LogP contribution in [0.2, 0.25) is 0 Å². The number of fused-ring (bicyclic) bond motifs is 3. The summed E-state index contributed by atoms with van der Waals surface area (Å²) >= 11 is 0. The van der Waals surface area contributed by atoms with E-state index in [1.165, 1.54) is 13.8 Å². The molecule has 6 atom stereocenters. The molecular weight excluding hydrogens is 468 g/mol. The highest BCUT2D eigenvalue weighted by Crippen LogP contribution is 2.55. The third-order valence-electron chi connectivity index (χ3n) is 8.32. The number of hydrogen-bond acceptors (Lipinski definition) is 10. The van der Waals surface area contributed by atoms with Crippen molar-refractivity contribution < 1.29 is 39.6 Å². The number of Topliss-reactive ketones (excluding diaryl/α,β-unsaturated/α-hetero) is 4. The maximum absolute atomic E-state index is 13.8. The molecule has 0 aromatic carbocycles. The molecule has 4 aliphatic rings. The highest BCUT2D eigenvalue weighted by molar-refractivity contribution is 6.17. The SMILES string of the molecule is CC(=O)C1=C2C[C@H]3C[C@H]4[C@H](N(C)C)C(O)=C(CN)C(=O)[C@@]4(O)C(O)=C3C(=O)C2=C(O)C(C(C)=O)C1C. The molecule has 1 saturated carbocycles. The molecule has 0 radical (unpaired) electrons. The van der Waals surface area contributed by atoms with Crippen LogP contribution in [-0.4, -0.2) is 80.7 Å². The van der Waals surface area contributed by atoms with Gasteiger partial charge in [-0.3, -0.25) is 24.1 Å². The molecule has 0 aliphatic heterocycles. The molecule has 4 rings (SSSR count). The Morgan fingerprint density at radius 1 is 1.11 bits per heavy atom. The number of carbonyl (C=O) groups excluding carboxylic acids is 4. The number of carbonyl (C=O) groups is 4. The van der Waals surface area contributed by atoms with Crippen LogP contribution in [0.4, 0.5) is 0 Å². The molecular formula is C26H32N2O8. The number of aliphatic hydroxyl groups excluding tert-OH is 3. The first kappa shape index (κ1) is 26.0. The Balaban J connectivity index is 1.99. The molecule has 10 heteroatoms. The number of aliphatic hydroxyl groups is 4. The van der Waals surface area contributed by atoms with Gasteiger partial charge in [0.15, 0.2) is 17.2 Å². The summed E-state index contributed by atoms with van der Waals surface area (Å²) in [6.45, 7) is 3.86. The Hall–Kier alpha value is -3.08. The lowest BCUT2D eigenvalue weighted by Gasteiger charge is -2.51. The summed E-state index contributed by atoms with van der Waals surface area (Å²) in [5.74, 6) is -7.66. The molecule has 2 unspecified atom stereocenters. The number of rotatable bonds is 4. The van der Waals surface area contributed by atoms with Crippen LogP contribution < -0.4 is 5.73 Å². The highest BCUT2D eigenvalue weighted by Gasteiger charge is 2.63. The lowest BCUT2D eigenvalue weighted by molar-refractivity contribution is -0.147. The van der Waals surface area contributed by atoms with E-state index in [-0.39, 0.29) is 53.2 Å². The minimum Gasteiger partial charge on any atom is -0.511 e. The lowest BCUT2D eigenvalue weighted by atomic mass is 9.56. The first-order valence-electron chi connectivity index (χ1n) is 11.9. The second kappa shape index (κ2) is 8.50. The van der Waals surface area contributed by atoms with Crippen molar-refractivity contribution >= 4 is 23.1 Å². The van der Waals surface area contributed by atoms with Crippen LogP contribution in [0.1, 0.15) is 33.6 Å². The van der Waals surface area contributed by atoms with Gasteiger partial charge in [0.05, 0.1) is 23.1 Å². The summed E-state index contributed by atoms with van der Waals surface area (Å²) in [6.07, 6.45) is 0.106. The number of ketones is 4.